The van der Waals surface area contributed by atoms with Crippen molar-refractivity contribution in [1.82, 2.24) is 0 Å². The van der Waals surface area contributed by atoms with Gasteiger partial charge >= 0.3 is 0 Å². The standard InChI is InChI=1S/C19H24O/c1-4-19(14-20,18-8-6-5-7-9-18)13-17-12-15(2)10-11-16(17)3/h5-12,20H,4,13-14H2,1-3H3. The van der Waals surface area contributed by atoms with Gasteiger partial charge in [-0.2, -0.15) is 0 Å². The van der Waals surface area contributed by atoms with Crippen molar-refractivity contribution in [3.05, 3.63) is 70.8 Å². The molecule has 0 spiro atoms. The molecule has 2 aromatic carbocycles. The fourth-order valence-corrected chi connectivity index (χ4v) is 2.84. The molecule has 1 heteroatoms. The van der Waals surface area contributed by atoms with Crippen LogP contribution >= 0.6 is 0 Å². The number of hydrogen-bond acceptors (Lipinski definition) is 1. The highest BCUT2D eigenvalue weighted by molar-refractivity contribution is 5.35. The van der Waals surface area contributed by atoms with E-state index in [4.69, 9.17) is 0 Å². The van der Waals surface area contributed by atoms with Gasteiger partial charge in [-0.05, 0) is 43.4 Å². The normalized spacial score (nSPS) is 14.0. The molecule has 0 aromatic heterocycles. The van der Waals surface area contributed by atoms with Crippen LogP contribution in [0.15, 0.2) is 48.5 Å². The first-order valence-corrected chi connectivity index (χ1v) is 7.34. The summed E-state index contributed by atoms with van der Waals surface area (Å²) in [6.45, 7) is 6.62. The molecule has 1 atom stereocenters. The van der Waals surface area contributed by atoms with Crippen LogP contribution in [0.3, 0.4) is 0 Å². The highest BCUT2D eigenvalue weighted by atomic mass is 16.3. The third kappa shape index (κ3) is 2.94. The fourth-order valence-electron chi connectivity index (χ4n) is 2.84. The molecule has 0 radical (unpaired) electrons. The van der Waals surface area contributed by atoms with Crippen molar-refractivity contribution in [3.63, 3.8) is 0 Å². The van der Waals surface area contributed by atoms with E-state index in [2.05, 4.69) is 63.2 Å². The number of aliphatic hydroxyl groups excluding tert-OH is 1. The molecule has 20 heavy (non-hydrogen) atoms. The SMILES string of the molecule is CCC(CO)(Cc1cc(C)ccc1C)c1ccccc1. The Hall–Kier alpha value is -1.60. The Morgan fingerprint density at radius 3 is 2.30 bits per heavy atom. The highest BCUT2D eigenvalue weighted by Crippen LogP contribution is 2.32. The van der Waals surface area contributed by atoms with E-state index in [0.717, 1.165) is 12.8 Å². The lowest BCUT2D eigenvalue weighted by molar-refractivity contribution is 0.186. The molecule has 0 saturated heterocycles. The van der Waals surface area contributed by atoms with Gasteiger partial charge in [-0.25, -0.2) is 0 Å². The van der Waals surface area contributed by atoms with E-state index in [1.807, 2.05) is 6.07 Å². The summed E-state index contributed by atoms with van der Waals surface area (Å²) in [6, 6.07) is 17.0. The number of benzene rings is 2. The number of hydrogen-bond donors (Lipinski definition) is 1. The van der Waals surface area contributed by atoms with Gasteiger partial charge in [0.2, 0.25) is 0 Å². The van der Waals surface area contributed by atoms with Crippen LogP contribution in [0, 0.1) is 13.8 Å². The molecular formula is C19H24O. The van der Waals surface area contributed by atoms with E-state index in [9.17, 15) is 5.11 Å². The van der Waals surface area contributed by atoms with Crippen LogP contribution in [0.5, 0.6) is 0 Å². The van der Waals surface area contributed by atoms with Gasteiger partial charge in [0, 0.05) is 5.41 Å². The molecule has 0 bridgehead atoms. The van der Waals surface area contributed by atoms with Crippen molar-refractivity contribution in [2.45, 2.75) is 39.0 Å². The van der Waals surface area contributed by atoms with Gasteiger partial charge in [0.1, 0.15) is 0 Å². The first-order chi connectivity index (χ1) is 9.61. The van der Waals surface area contributed by atoms with E-state index in [1.54, 1.807) is 0 Å². The van der Waals surface area contributed by atoms with Gasteiger partial charge in [-0.15, -0.1) is 0 Å². The van der Waals surface area contributed by atoms with Crippen LogP contribution in [-0.2, 0) is 11.8 Å². The predicted octanol–water partition coefficient (Wildman–Crippen LogP) is 4.19. The van der Waals surface area contributed by atoms with Crippen molar-refractivity contribution in [2.75, 3.05) is 6.61 Å². The van der Waals surface area contributed by atoms with Crippen LogP contribution in [0.1, 0.15) is 35.6 Å². The first kappa shape index (κ1) is 14.8. The molecule has 0 saturated carbocycles. The third-order valence-electron chi connectivity index (χ3n) is 4.40. The zero-order valence-electron chi connectivity index (χ0n) is 12.7. The summed E-state index contributed by atoms with van der Waals surface area (Å²) in [6.07, 6.45) is 1.82. The van der Waals surface area contributed by atoms with E-state index in [1.165, 1.54) is 22.3 Å². The van der Waals surface area contributed by atoms with Crippen molar-refractivity contribution in [3.8, 4) is 0 Å². The Bertz CT molecular complexity index is 553. The summed E-state index contributed by atoms with van der Waals surface area (Å²) in [7, 11) is 0. The van der Waals surface area contributed by atoms with E-state index in [0.29, 0.717) is 0 Å². The lowest BCUT2D eigenvalue weighted by atomic mass is 9.73. The Morgan fingerprint density at radius 2 is 1.70 bits per heavy atom. The van der Waals surface area contributed by atoms with E-state index in [-0.39, 0.29) is 12.0 Å². The highest BCUT2D eigenvalue weighted by Gasteiger charge is 2.30. The zero-order chi connectivity index (χ0) is 14.6. The van der Waals surface area contributed by atoms with Gasteiger partial charge in [-0.1, -0.05) is 61.0 Å². The molecule has 2 rings (SSSR count). The minimum atomic E-state index is -0.181. The molecule has 0 fully saturated rings. The Morgan fingerprint density at radius 1 is 1.00 bits per heavy atom. The maximum absolute atomic E-state index is 10.1. The molecule has 1 N–H and O–H groups in total. The number of rotatable bonds is 5. The second-order valence-electron chi connectivity index (χ2n) is 5.76. The summed E-state index contributed by atoms with van der Waals surface area (Å²) in [5.74, 6) is 0. The maximum Gasteiger partial charge on any atom is 0.0531 e. The molecule has 0 amide bonds. The number of aryl methyl sites for hydroxylation is 2. The van der Waals surface area contributed by atoms with Gasteiger partial charge in [0.05, 0.1) is 6.61 Å². The van der Waals surface area contributed by atoms with Gasteiger partial charge in [-0.3, -0.25) is 0 Å². The van der Waals surface area contributed by atoms with Crippen molar-refractivity contribution in [2.24, 2.45) is 0 Å². The molecule has 2 aromatic rings. The minimum absolute atomic E-state index is 0.181. The average Bonchev–Trinajstić information content (AvgIpc) is 2.49. The Balaban J connectivity index is 2.42. The average molecular weight is 268 g/mol. The molecule has 106 valence electrons. The molecule has 0 aliphatic rings. The summed E-state index contributed by atoms with van der Waals surface area (Å²) < 4.78 is 0. The summed E-state index contributed by atoms with van der Waals surface area (Å²) in [5, 5.41) is 10.1. The molecule has 1 unspecified atom stereocenters. The molecule has 0 aliphatic heterocycles. The van der Waals surface area contributed by atoms with Crippen molar-refractivity contribution >= 4 is 0 Å². The summed E-state index contributed by atoms with van der Waals surface area (Å²) in [5.41, 5.74) is 4.97. The van der Waals surface area contributed by atoms with Gasteiger partial charge < -0.3 is 5.11 Å². The topological polar surface area (TPSA) is 20.2 Å². The largest absolute Gasteiger partial charge is 0.395 e. The predicted molar refractivity (Wildman–Crippen MR) is 85.1 cm³/mol. The first-order valence-electron chi connectivity index (χ1n) is 7.34. The molecule has 0 aliphatic carbocycles. The molecular weight excluding hydrogens is 244 g/mol. The smallest absolute Gasteiger partial charge is 0.0531 e. The second kappa shape index (κ2) is 6.23. The Labute approximate surface area is 122 Å². The monoisotopic (exact) mass is 268 g/mol. The van der Waals surface area contributed by atoms with Crippen LogP contribution in [0.4, 0.5) is 0 Å². The van der Waals surface area contributed by atoms with E-state index < -0.39 is 0 Å². The quantitative estimate of drug-likeness (QED) is 0.862. The second-order valence-corrected chi connectivity index (χ2v) is 5.76. The van der Waals surface area contributed by atoms with Crippen LogP contribution in [0.25, 0.3) is 0 Å². The molecule has 1 nitrogen and oxygen atoms in total. The van der Waals surface area contributed by atoms with Crippen molar-refractivity contribution in [1.29, 1.82) is 0 Å². The fraction of sp³-hybridized carbons (Fsp3) is 0.368. The molecule has 0 heterocycles. The zero-order valence-corrected chi connectivity index (χ0v) is 12.7. The van der Waals surface area contributed by atoms with Gasteiger partial charge in [0.15, 0.2) is 0 Å². The van der Waals surface area contributed by atoms with Crippen LogP contribution in [-0.4, -0.2) is 11.7 Å². The minimum Gasteiger partial charge on any atom is -0.395 e. The third-order valence-corrected chi connectivity index (χ3v) is 4.40. The summed E-state index contributed by atoms with van der Waals surface area (Å²) in [4.78, 5) is 0. The van der Waals surface area contributed by atoms with Crippen LogP contribution in [0.2, 0.25) is 0 Å². The summed E-state index contributed by atoms with van der Waals surface area (Å²) >= 11 is 0. The van der Waals surface area contributed by atoms with E-state index >= 15 is 0 Å². The van der Waals surface area contributed by atoms with Crippen LogP contribution < -0.4 is 0 Å². The lowest BCUT2D eigenvalue weighted by Crippen LogP contribution is -2.32. The lowest BCUT2D eigenvalue weighted by Gasteiger charge is -2.32. The maximum atomic E-state index is 10.1. The van der Waals surface area contributed by atoms with Gasteiger partial charge in [0.25, 0.3) is 0 Å². The number of aliphatic hydroxyl groups is 1. The van der Waals surface area contributed by atoms with Crippen molar-refractivity contribution < 1.29 is 5.11 Å². The Kier molecular flexibility index (Phi) is 4.61.